The van der Waals surface area contributed by atoms with E-state index in [2.05, 4.69) is 32.1 Å². The maximum Gasteiger partial charge on any atom is 0.175 e. The smallest absolute Gasteiger partial charge is 0.175 e. The van der Waals surface area contributed by atoms with E-state index in [-0.39, 0.29) is 34.7 Å². The van der Waals surface area contributed by atoms with Crippen molar-refractivity contribution in [2.75, 3.05) is 5.75 Å². The van der Waals surface area contributed by atoms with Crippen LogP contribution in [0.4, 0.5) is 0 Å². The Kier molecular flexibility index (Phi) is 6.36. The van der Waals surface area contributed by atoms with Gasteiger partial charge in [-0.25, -0.2) is 9.67 Å². The number of aliphatic hydroxyl groups is 2. The Bertz CT molecular complexity index is 1810. The topological polar surface area (TPSA) is 93.2 Å². The second-order valence-corrected chi connectivity index (χ2v) is 15.1. The summed E-state index contributed by atoms with van der Waals surface area (Å²) in [7, 11) is 1.97. The number of nitrogens with zero attached hydrogens (tertiary/aromatic N) is 4. The lowest BCUT2D eigenvalue weighted by atomic mass is 9.45. The third kappa shape index (κ3) is 3.86. The summed E-state index contributed by atoms with van der Waals surface area (Å²) in [5.41, 5.74) is 4.46. The number of aliphatic hydroxyl groups excluding tert-OH is 1. The normalized spacial score (nSPS) is 34.2. The van der Waals surface area contributed by atoms with Crippen molar-refractivity contribution < 1.29 is 15.0 Å². The van der Waals surface area contributed by atoms with Gasteiger partial charge in [-0.1, -0.05) is 61.5 Å². The molecular formula is C36H40N4O3S. The van der Waals surface area contributed by atoms with Gasteiger partial charge in [0.05, 0.1) is 40.5 Å². The maximum atomic E-state index is 13.9. The highest BCUT2D eigenvalue weighted by Crippen LogP contribution is 2.67. The zero-order valence-electron chi connectivity index (χ0n) is 25.6. The SMILES string of the molecule is Cn1c(SCC(=O)[C@@]2(O)CCC3C4CCC5=Cc6c(cnn6-c6ccccc6)CC5(C)C4C(O)CC32C)nc2ccccc21. The van der Waals surface area contributed by atoms with Crippen molar-refractivity contribution in [3.63, 3.8) is 0 Å². The van der Waals surface area contributed by atoms with Crippen molar-refractivity contribution in [3.05, 3.63) is 77.6 Å². The number of fused-ring (bicyclic) bond motifs is 7. The van der Waals surface area contributed by atoms with E-state index in [1.165, 1.54) is 22.9 Å². The van der Waals surface area contributed by atoms with Crippen LogP contribution >= 0.6 is 11.8 Å². The number of hydrogen-bond donors (Lipinski definition) is 2. The minimum Gasteiger partial charge on any atom is -0.393 e. The molecule has 2 heterocycles. The number of para-hydroxylation sites is 3. The average molecular weight is 609 g/mol. The number of carbonyl (C=O) groups is 1. The number of benzene rings is 2. The number of aromatic nitrogens is 4. The summed E-state index contributed by atoms with van der Waals surface area (Å²) in [5, 5.41) is 29.8. The molecule has 2 aromatic carbocycles. The number of allylic oxidation sites excluding steroid dienone is 1. The molecule has 0 aliphatic heterocycles. The summed E-state index contributed by atoms with van der Waals surface area (Å²) < 4.78 is 4.05. The molecule has 4 aromatic rings. The zero-order chi connectivity index (χ0) is 30.4. The fraction of sp³-hybridized carbons (Fsp3) is 0.472. The summed E-state index contributed by atoms with van der Waals surface area (Å²) in [4.78, 5) is 18.7. The number of imidazole rings is 1. The van der Waals surface area contributed by atoms with Crippen LogP contribution in [-0.2, 0) is 18.3 Å². The molecule has 0 bridgehead atoms. The minimum atomic E-state index is -1.45. The van der Waals surface area contributed by atoms with Crippen molar-refractivity contribution in [1.82, 2.24) is 19.3 Å². The van der Waals surface area contributed by atoms with Crippen LogP contribution in [0.5, 0.6) is 0 Å². The molecule has 0 radical (unpaired) electrons. The van der Waals surface area contributed by atoms with Crippen LogP contribution in [0.1, 0.15) is 57.2 Å². The Labute approximate surface area is 262 Å². The molecular weight excluding hydrogens is 568 g/mol. The molecule has 0 amide bonds. The number of aryl methyl sites for hydroxylation is 1. The molecule has 8 heteroatoms. The van der Waals surface area contributed by atoms with Gasteiger partial charge in [0.1, 0.15) is 5.60 Å². The number of hydrogen-bond acceptors (Lipinski definition) is 6. The zero-order valence-corrected chi connectivity index (χ0v) is 26.4. The van der Waals surface area contributed by atoms with Crippen LogP contribution in [0.3, 0.4) is 0 Å². The summed E-state index contributed by atoms with van der Waals surface area (Å²) in [6, 6.07) is 18.2. The molecule has 6 unspecified atom stereocenters. The second kappa shape index (κ2) is 9.90. The van der Waals surface area contributed by atoms with Crippen LogP contribution in [0.2, 0.25) is 0 Å². The van der Waals surface area contributed by atoms with E-state index in [1.807, 2.05) is 65.0 Å². The summed E-state index contributed by atoms with van der Waals surface area (Å²) in [6.07, 6.45) is 8.24. The highest BCUT2D eigenvalue weighted by Gasteiger charge is 2.68. The van der Waals surface area contributed by atoms with Gasteiger partial charge in [-0.3, -0.25) is 4.79 Å². The van der Waals surface area contributed by atoms with Gasteiger partial charge in [-0.15, -0.1) is 0 Å². The summed E-state index contributed by atoms with van der Waals surface area (Å²) >= 11 is 1.40. The third-order valence-corrected chi connectivity index (χ3v) is 13.1. The fourth-order valence-electron chi connectivity index (χ4n) is 9.92. The van der Waals surface area contributed by atoms with Crippen LogP contribution < -0.4 is 0 Å². The van der Waals surface area contributed by atoms with Gasteiger partial charge >= 0.3 is 0 Å². The number of thioether (sulfide) groups is 1. The van der Waals surface area contributed by atoms with E-state index in [1.54, 1.807) is 0 Å². The fourth-order valence-corrected chi connectivity index (χ4v) is 10.9. The van der Waals surface area contributed by atoms with Gasteiger partial charge in [0.15, 0.2) is 10.9 Å². The molecule has 228 valence electrons. The van der Waals surface area contributed by atoms with Gasteiger partial charge in [0.25, 0.3) is 0 Å². The van der Waals surface area contributed by atoms with E-state index in [0.29, 0.717) is 12.8 Å². The molecule has 4 aliphatic carbocycles. The molecule has 8 rings (SSSR count). The van der Waals surface area contributed by atoms with E-state index in [9.17, 15) is 15.0 Å². The van der Waals surface area contributed by atoms with Crippen LogP contribution in [0.15, 0.2) is 71.5 Å². The Morgan fingerprint density at radius 2 is 1.86 bits per heavy atom. The summed E-state index contributed by atoms with van der Waals surface area (Å²) in [5.74, 6) is 0.561. The second-order valence-electron chi connectivity index (χ2n) is 14.1. The van der Waals surface area contributed by atoms with Crippen LogP contribution in [0, 0.1) is 28.6 Å². The first-order valence-electron chi connectivity index (χ1n) is 16.0. The number of rotatable bonds is 5. The predicted octanol–water partition coefficient (Wildman–Crippen LogP) is 6.00. The Morgan fingerprint density at radius 3 is 2.66 bits per heavy atom. The molecule has 44 heavy (non-hydrogen) atoms. The lowest BCUT2D eigenvalue weighted by Crippen LogP contribution is -2.62. The lowest BCUT2D eigenvalue weighted by Gasteiger charge is -2.60. The lowest BCUT2D eigenvalue weighted by molar-refractivity contribution is -0.177. The van der Waals surface area contributed by atoms with E-state index < -0.39 is 17.1 Å². The molecule has 0 spiro atoms. The Balaban J connectivity index is 1.05. The monoisotopic (exact) mass is 608 g/mol. The van der Waals surface area contributed by atoms with Gasteiger partial charge in [-0.05, 0) is 97.6 Å². The van der Waals surface area contributed by atoms with Crippen LogP contribution in [-0.4, -0.2) is 52.8 Å². The molecule has 3 fully saturated rings. The maximum absolute atomic E-state index is 13.9. The Morgan fingerprint density at radius 1 is 1.09 bits per heavy atom. The van der Waals surface area contributed by atoms with Gasteiger partial charge in [0, 0.05) is 12.5 Å². The largest absolute Gasteiger partial charge is 0.393 e. The molecule has 7 nitrogen and oxygen atoms in total. The standard InChI is InChI=1S/C36H40N4O3S/c1-34-18-22-20-37-40(24-9-5-4-6-10-24)29(22)17-23(34)13-14-25-26-15-16-36(43,35(26,2)19-30(41)32(25)34)31(42)21-44-33-38-27-11-7-8-12-28(27)39(33)3/h4-12,17,20,25-26,30,32,41,43H,13-16,18-19,21H2,1-3H3/t25?,26?,30?,32?,34?,35?,36-/m0/s1. The number of ketones is 1. The van der Waals surface area contributed by atoms with Crippen molar-refractivity contribution >= 4 is 34.7 Å². The molecule has 2 N–H and O–H groups in total. The van der Waals surface area contributed by atoms with E-state index in [4.69, 9.17) is 10.1 Å². The van der Waals surface area contributed by atoms with Crippen molar-refractivity contribution in [1.29, 1.82) is 0 Å². The molecule has 7 atom stereocenters. The first-order valence-corrected chi connectivity index (χ1v) is 16.9. The van der Waals surface area contributed by atoms with Crippen molar-refractivity contribution in [2.45, 2.75) is 69.2 Å². The predicted molar refractivity (Wildman–Crippen MR) is 172 cm³/mol. The first kappa shape index (κ1) is 28.3. The summed E-state index contributed by atoms with van der Waals surface area (Å²) in [6.45, 7) is 4.42. The van der Waals surface area contributed by atoms with E-state index in [0.717, 1.165) is 53.3 Å². The van der Waals surface area contributed by atoms with Crippen molar-refractivity contribution in [2.24, 2.45) is 35.6 Å². The van der Waals surface area contributed by atoms with Gasteiger partial charge < -0.3 is 14.8 Å². The van der Waals surface area contributed by atoms with Gasteiger partial charge in [0.2, 0.25) is 0 Å². The third-order valence-electron chi connectivity index (χ3n) is 12.1. The Hall–Kier alpha value is -3.20. The van der Waals surface area contributed by atoms with Crippen LogP contribution in [0.25, 0.3) is 22.8 Å². The highest BCUT2D eigenvalue weighted by atomic mass is 32.2. The highest BCUT2D eigenvalue weighted by molar-refractivity contribution is 7.99. The average Bonchev–Trinajstić information content (AvgIpc) is 3.66. The quantitative estimate of drug-likeness (QED) is 0.270. The molecule has 2 aromatic heterocycles. The number of Topliss-reactive ketones (excluding diaryl/α,β-unsaturated/α-hetero) is 1. The number of carbonyl (C=O) groups excluding carboxylic acids is 1. The minimum absolute atomic E-state index is 0.0839. The molecule has 0 saturated heterocycles. The molecule has 4 aliphatic rings. The van der Waals surface area contributed by atoms with Gasteiger partial charge in [-0.2, -0.15) is 5.10 Å². The molecule has 3 saturated carbocycles. The first-order chi connectivity index (χ1) is 21.1. The van der Waals surface area contributed by atoms with Crippen molar-refractivity contribution in [3.8, 4) is 5.69 Å². The van der Waals surface area contributed by atoms with E-state index >= 15 is 0 Å².